The Labute approximate surface area is 128 Å². The van der Waals surface area contributed by atoms with Crippen molar-refractivity contribution in [2.45, 2.75) is 32.7 Å². The standard InChI is InChI=1S/C16H19N5O/c1-3-6-14(18-10(2)22)16-19-15(20-21-16)12-9-17-13-8-5-4-7-11(12)13/h4-5,7-9,14,17H,3,6H2,1-2H3,(H,18,22)(H,19,20,21)/t14-/m0/s1. The van der Waals surface area contributed by atoms with Crippen molar-refractivity contribution in [1.82, 2.24) is 25.5 Å². The highest BCUT2D eigenvalue weighted by Crippen LogP contribution is 2.26. The lowest BCUT2D eigenvalue weighted by atomic mass is 10.1. The van der Waals surface area contributed by atoms with Crippen LogP contribution in [0, 0.1) is 0 Å². The normalized spacial score (nSPS) is 12.5. The Balaban J connectivity index is 1.94. The quantitative estimate of drug-likeness (QED) is 0.676. The van der Waals surface area contributed by atoms with Crippen LogP contribution in [0.1, 0.15) is 38.6 Å². The second kappa shape index (κ2) is 6.01. The monoisotopic (exact) mass is 297 g/mol. The van der Waals surface area contributed by atoms with E-state index < -0.39 is 0 Å². The summed E-state index contributed by atoms with van der Waals surface area (Å²) in [4.78, 5) is 19.1. The molecule has 0 aliphatic carbocycles. The molecule has 0 saturated carbocycles. The van der Waals surface area contributed by atoms with Crippen molar-refractivity contribution < 1.29 is 4.79 Å². The number of aromatic amines is 2. The highest BCUT2D eigenvalue weighted by atomic mass is 16.1. The third-order valence-corrected chi connectivity index (χ3v) is 3.62. The van der Waals surface area contributed by atoms with E-state index >= 15 is 0 Å². The zero-order valence-electron chi connectivity index (χ0n) is 12.7. The molecule has 3 aromatic rings. The number of benzene rings is 1. The zero-order chi connectivity index (χ0) is 15.5. The minimum Gasteiger partial charge on any atom is -0.360 e. The number of hydrogen-bond donors (Lipinski definition) is 3. The van der Waals surface area contributed by atoms with Crippen LogP contribution in [0.3, 0.4) is 0 Å². The second-order valence-electron chi connectivity index (χ2n) is 5.33. The van der Waals surface area contributed by atoms with Gasteiger partial charge in [-0.2, -0.15) is 5.10 Å². The summed E-state index contributed by atoms with van der Waals surface area (Å²) in [7, 11) is 0. The van der Waals surface area contributed by atoms with Gasteiger partial charge < -0.3 is 10.3 Å². The number of carbonyl (C=O) groups excluding carboxylic acids is 1. The van der Waals surface area contributed by atoms with Crippen LogP contribution >= 0.6 is 0 Å². The molecule has 2 aromatic heterocycles. The molecule has 0 radical (unpaired) electrons. The number of H-pyrrole nitrogens is 2. The molecule has 6 nitrogen and oxygen atoms in total. The van der Waals surface area contributed by atoms with Gasteiger partial charge in [0.1, 0.15) is 5.82 Å². The summed E-state index contributed by atoms with van der Waals surface area (Å²) in [6.45, 7) is 3.59. The SMILES string of the molecule is CCC[C@H](NC(C)=O)c1nc(-c2c[nH]c3ccccc23)n[nH]1. The number of para-hydroxylation sites is 1. The predicted octanol–water partition coefficient (Wildman–Crippen LogP) is 2.93. The third-order valence-electron chi connectivity index (χ3n) is 3.62. The Morgan fingerprint density at radius 1 is 1.36 bits per heavy atom. The van der Waals surface area contributed by atoms with Crippen LogP contribution in [-0.4, -0.2) is 26.1 Å². The van der Waals surface area contributed by atoms with Gasteiger partial charge >= 0.3 is 0 Å². The van der Waals surface area contributed by atoms with Crippen LogP contribution < -0.4 is 5.32 Å². The molecule has 0 aliphatic heterocycles. The molecule has 2 heterocycles. The van der Waals surface area contributed by atoms with Crippen molar-refractivity contribution in [3.8, 4) is 11.4 Å². The second-order valence-corrected chi connectivity index (χ2v) is 5.33. The van der Waals surface area contributed by atoms with Gasteiger partial charge in [-0.05, 0) is 12.5 Å². The largest absolute Gasteiger partial charge is 0.360 e. The fourth-order valence-corrected chi connectivity index (χ4v) is 2.62. The first-order chi connectivity index (χ1) is 10.7. The van der Waals surface area contributed by atoms with Crippen molar-refractivity contribution in [2.75, 3.05) is 0 Å². The van der Waals surface area contributed by atoms with E-state index in [-0.39, 0.29) is 11.9 Å². The minimum absolute atomic E-state index is 0.0662. The molecule has 0 bridgehead atoms. The van der Waals surface area contributed by atoms with Crippen molar-refractivity contribution in [1.29, 1.82) is 0 Å². The number of rotatable bonds is 5. The smallest absolute Gasteiger partial charge is 0.217 e. The zero-order valence-corrected chi connectivity index (χ0v) is 12.7. The van der Waals surface area contributed by atoms with Gasteiger partial charge in [-0.15, -0.1) is 0 Å². The van der Waals surface area contributed by atoms with Crippen LogP contribution in [0.2, 0.25) is 0 Å². The molecule has 6 heteroatoms. The van der Waals surface area contributed by atoms with Crippen molar-refractivity contribution in [3.05, 3.63) is 36.3 Å². The Bertz CT molecular complexity index is 789. The van der Waals surface area contributed by atoms with Gasteiger partial charge in [0.15, 0.2) is 5.82 Å². The molecule has 3 rings (SSSR count). The third kappa shape index (κ3) is 2.72. The van der Waals surface area contributed by atoms with E-state index in [9.17, 15) is 4.79 Å². The molecule has 0 unspecified atom stereocenters. The average molecular weight is 297 g/mol. The highest BCUT2D eigenvalue weighted by molar-refractivity contribution is 5.93. The molecule has 22 heavy (non-hydrogen) atoms. The summed E-state index contributed by atoms with van der Waals surface area (Å²) in [6.07, 6.45) is 3.68. The summed E-state index contributed by atoms with van der Waals surface area (Å²) in [5, 5.41) is 11.3. The lowest BCUT2D eigenvalue weighted by molar-refractivity contribution is -0.119. The summed E-state index contributed by atoms with van der Waals surface area (Å²) in [6, 6.07) is 7.90. The number of hydrogen-bond acceptors (Lipinski definition) is 3. The molecular weight excluding hydrogens is 278 g/mol. The Hall–Kier alpha value is -2.63. The van der Waals surface area contributed by atoms with Gasteiger partial charge in [0.2, 0.25) is 5.91 Å². The molecular formula is C16H19N5O. The van der Waals surface area contributed by atoms with Gasteiger partial charge in [-0.3, -0.25) is 9.89 Å². The number of nitrogens with one attached hydrogen (secondary N) is 3. The first-order valence-electron chi connectivity index (χ1n) is 7.45. The summed E-state index contributed by atoms with van der Waals surface area (Å²) < 4.78 is 0. The lowest BCUT2D eigenvalue weighted by Gasteiger charge is -2.13. The molecule has 114 valence electrons. The average Bonchev–Trinajstić information content (AvgIpc) is 3.13. The van der Waals surface area contributed by atoms with Crippen LogP contribution in [0.4, 0.5) is 0 Å². The minimum atomic E-state index is -0.131. The number of fused-ring (bicyclic) bond motifs is 1. The van der Waals surface area contributed by atoms with E-state index in [1.807, 2.05) is 30.5 Å². The predicted molar refractivity (Wildman–Crippen MR) is 85.1 cm³/mol. The topological polar surface area (TPSA) is 86.5 Å². The Kier molecular flexibility index (Phi) is 3.91. The molecule has 1 amide bonds. The summed E-state index contributed by atoms with van der Waals surface area (Å²) in [5.74, 6) is 1.26. The maximum absolute atomic E-state index is 11.3. The maximum Gasteiger partial charge on any atom is 0.217 e. The first-order valence-corrected chi connectivity index (χ1v) is 7.45. The van der Waals surface area contributed by atoms with Gasteiger partial charge in [-0.25, -0.2) is 4.98 Å². The number of carbonyl (C=O) groups is 1. The molecule has 1 aromatic carbocycles. The highest BCUT2D eigenvalue weighted by Gasteiger charge is 2.18. The number of nitrogens with zero attached hydrogens (tertiary/aromatic N) is 2. The summed E-state index contributed by atoms with van der Waals surface area (Å²) >= 11 is 0. The molecule has 3 N–H and O–H groups in total. The molecule has 1 atom stereocenters. The van der Waals surface area contributed by atoms with Gasteiger partial charge in [0.25, 0.3) is 0 Å². The van der Waals surface area contributed by atoms with Crippen LogP contribution in [0.25, 0.3) is 22.3 Å². The summed E-state index contributed by atoms with van der Waals surface area (Å²) in [5.41, 5.74) is 2.01. The van der Waals surface area contributed by atoms with Crippen molar-refractivity contribution in [2.24, 2.45) is 0 Å². The van der Waals surface area contributed by atoms with E-state index in [2.05, 4.69) is 32.4 Å². The van der Waals surface area contributed by atoms with Crippen molar-refractivity contribution in [3.63, 3.8) is 0 Å². The maximum atomic E-state index is 11.3. The van der Waals surface area contributed by atoms with Crippen LogP contribution in [0.5, 0.6) is 0 Å². The van der Waals surface area contributed by atoms with Gasteiger partial charge in [0, 0.05) is 29.6 Å². The fourth-order valence-electron chi connectivity index (χ4n) is 2.62. The molecule has 0 saturated heterocycles. The van der Waals surface area contributed by atoms with Crippen LogP contribution in [-0.2, 0) is 4.79 Å². The van der Waals surface area contributed by atoms with Gasteiger partial charge in [-0.1, -0.05) is 31.5 Å². The van der Waals surface area contributed by atoms with E-state index in [4.69, 9.17) is 0 Å². The first kappa shape index (κ1) is 14.3. The number of aromatic nitrogens is 4. The number of amides is 1. The van der Waals surface area contributed by atoms with Gasteiger partial charge in [0.05, 0.1) is 6.04 Å². The molecule has 0 fully saturated rings. The molecule has 0 aliphatic rings. The van der Waals surface area contributed by atoms with Crippen molar-refractivity contribution >= 4 is 16.8 Å². The van der Waals surface area contributed by atoms with E-state index in [1.54, 1.807) is 0 Å². The lowest BCUT2D eigenvalue weighted by Crippen LogP contribution is -2.26. The van der Waals surface area contributed by atoms with Crippen LogP contribution in [0.15, 0.2) is 30.5 Å². The fraction of sp³-hybridized carbons (Fsp3) is 0.312. The Morgan fingerprint density at radius 2 is 2.18 bits per heavy atom. The van der Waals surface area contributed by atoms with E-state index in [0.717, 1.165) is 29.3 Å². The van der Waals surface area contributed by atoms with E-state index in [0.29, 0.717) is 11.6 Å². The molecule has 0 spiro atoms. The Morgan fingerprint density at radius 3 is 2.95 bits per heavy atom. The van der Waals surface area contributed by atoms with E-state index in [1.165, 1.54) is 6.92 Å².